The molecule has 0 bridgehead atoms. The summed E-state index contributed by atoms with van der Waals surface area (Å²) in [6, 6.07) is 7.45. The smallest absolute Gasteiger partial charge is 0.163 e. The lowest BCUT2D eigenvalue weighted by Crippen LogP contribution is -2.56. The SMILES string of the molecule is COc1ccc(Cc2cn([C@@H]3O[C@H](CO)[C@@H](O)[C@H](O)[C@H]3O)c3cc(C)cc(F)c23)c(F)c1. The molecule has 1 aliphatic rings. The highest BCUT2D eigenvalue weighted by molar-refractivity contribution is 5.86. The van der Waals surface area contributed by atoms with Crippen LogP contribution in [0.2, 0.25) is 0 Å². The standard InChI is InChI=1S/C23H25F2NO6/c1-11-5-16(25)19-13(7-12-3-4-14(31-2)8-15(12)24)9-26(17(19)6-11)23-22(30)21(29)20(28)18(10-27)32-23/h3-6,8-9,18,20-23,27-30H,7,10H2,1-2H3/t18-,20-,21+,22-,23-/m1/s1. The Morgan fingerprint density at radius 3 is 2.41 bits per heavy atom. The molecular formula is C23H25F2NO6. The predicted molar refractivity (Wildman–Crippen MR) is 111 cm³/mol. The highest BCUT2D eigenvalue weighted by atomic mass is 19.1. The largest absolute Gasteiger partial charge is 0.497 e. The second-order valence-electron chi connectivity index (χ2n) is 8.06. The van der Waals surface area contributed by atoms with Gasteiger partial charge in [-0.05, 0) is 41.8 Å². The molecule has 3 aromatic rings. The van der Waals surface area contributed by atoms with Crippen molar-refractivity contribution >= 4 is 10.9 Å². The molecule has 7 nitrogen and oxygen atoms in total. The highest BCUT2D eigenvalue weighted by Gasteiger charge is 2.44. The third-order valence-corrected chi connectivity index (χ3v) is 5.89. The lowest BCUT2D eigenvalue weighted by Gasteiger charge is -2.40. The first-order valence-corrected chi connectivity index (χ1v) is 10.2. The Labute approximate surface area is 183 Å². The van der Waals surface area contributed by atoms with Crippen molar-refractivity contribution in [3.63, 3.8) is 0 Å². The number of hydrogen-bond donors (Lipinski definition) is 4. The monoisotopic (exact) mass is 449 g/mol. The van der Waals surface area contributed by atoms with Gasteiger partial charge in [0.15, 0.2) is 6.23 Å². The van der Waals surface area contributed by atoms with Crippen LogP contribution in [0.25, 0.3) is 10.9 Å². The van der Waals surface area contributed by atoms with Crippen LogP contribution in [0.3, 0.4) is 0 Å². The number of halogens is 2. The van der Waals surface area contributed by atoms with Crippen molar-refractivity contribution < 1.29 is 38.7 Å². The lowest BCUT2D eigenvalue weighted by molar-refractivity contribution is -0.250. The zero-order valence-electron chi connectivity index (χ0n) is 17.6. The van der Waals surface area contributed by atoms with Gasteiger partial charge in [0, 0.05) is 24.1 Å². The molecule has 9 heteroatoms. The van der Waals surface area contributed by atoms with Gasteiger partial charge >= 0.3 is 0 Å². The van der Waals surface area contributed by atoms with E-state index in [1.165, 1.54) is 30.0 Å². The molecule has 0 amide bonds. The quantitative estimate of drug-likeness (QED) is 0.474. The van der Waals surface area contributed by atoms with Crippen LogP contribution >= 0.6 is 0 Å². The molecule has 2 aromatic carbocycles. The van der Waals surface area contributed by atoms with E-state index in [4.69, 9.17) is 9.47 Å². The number of hydrogen-bond acceptors (Lipinski definition) is 6. The summed E-state index contributed by atoms with van der Waals surface area (Å²) >= 11 is 0. The normalized spacial score (nSPS) is 25.9. The Balaban J connectivity index is 1.83. The summed E-state index contributed by atoms with van der Waals surface area (Å²) in [7, 11) is 1.43. The Morgan fingerprint density at radius 1 is 1.00 bits per heavy atom. The van der Waals surface area contributed by atoms with E-state index in [0.717, 1.165) is 0 Å². The predicted octanol–water partition coefficient (Wildman–Crippen LogP) is 1.80. The molecule has 2 heterocycles. The number of rotatable bonds is 5. The topological polar surface area (TPSA) is 104 Å². The van der Waals surface area contributed by atoms with E-state index in [1.54, 1.807) is 25.1 Å². The minimum Gasteiger partial charge on any atom is -0.497 e. The minimum absolute atomic E-state index is 0.0523. The first kappa shape index (κ1) is 22.6. The molecule has 172 valence electrons. The summed E-state index contributed by atoms with van der Waals surface area (Å²) < 4.78 is 41.7. The van der Waals surface area contributed by atoms with Crippen molar-refractivity contribution in [3.8, 4) is 5.75 Å². The number of ether oxygens (including phenoxy) is 2. The fraction of sp³-hybridized carbons (Fsp3) is 0.391. The zero-order chi connectivity index (χ0) is 23.2. The average molecular weight is 449 g/mol. The maximum Gasteiger partial charge on any atom is 0.163 e. The molecule has 1 aromatic heterocycles. The molecule has 0 saturated carbocycles. The summed E-state index contributed by atoms with van der Waals surface area (Å²) in [5, 5.41) is 40.6. The summed E-state index contributed by atoms with van der Waals surface area (Å²) in [5.74, 6) is -0.672. The number of aliphatic hydroxyl groups is 4. The van der Waals surface area contributed by atoms with E-state index in [9.17, 15) is 24.8 Å². The first-order valence-electron chi connectivity index (χ1n) is 10.2. The van der Waals surface area contributed by atoms with Crippen LogP contribution in [0.5, 0.6) is 5.75 Å². The van der Waals surface area contributed by atoms with Crippen LogP contribution in [0.15, 0.2) is 36.5 Å². The maximum atomic E-state index is 15.0. The van der Waals surface area contributed by atoms with E-state index in [2.05, 4.69) is 0 Å². The van der Waals surface area contributed by atoms with E-state index < -0.39 is 48.9 Å². The second kappa shape index (κ2) is 8.76. The summed E-state index contributed by atoms with van der Waals surface area (Å²) in [4.78, 5) is 0. The van der Waals surface area contributed by atoms with Crippen LogP contribution in [-0.2, 0) is 11.2 Å². The summed E-state index contributed by atoms with van der Waals surface area (Å²) in [6.07, 6.45) is -5.38. The zero-order valence-corrected chi connectivity index (χ0v) is 17.6. The highest BCUT2D eigenvalue weighted by Crippen LogP contribution is 2.36. The van der Waals surface area contributed by atoms with E-state index >= 15 is 4.39 Å². The van der Waals surface area contributed by atoms with Crippen molar-refractivity contribution in [2.24, 2.45) is 0 Å². The number of methoxy groups -OCH3 is 1. The van der Waals surface area contributed by atoms with Crippen LogP contribution < -0.4 is 4.74 Å². The number of aliphatic hydroxyl groups excluding tert-OH is 4. The van der Waals surface area contributed by atoms with Gasteiger partial charge in [0.2, 0.25) is 0 Å². The van der Waals surface area contributed by atoms with Gasteiger partial charge in [-0.2, -0.15) is 0 Å². The van der Waals surface area contributed by atoms with Gasteiger partial charge in [0.25, 0.3) is 0 Å². The molecule has 0 unspecified atom stereocenters. The van der Waals surface area contributed by atoms with E-state index in [0.29, 0.717) is 28.0 Å². The molecular weight excluding hydrogens is 424 g/mol. The second-order valence-corrected chi connectivity index (χ2v) is 8.06. The fourth-order valence-electron chi connectivity index (χ4n) is 4.21. The number of nitrogens with zero attached hydrogens (tertiary/aromatic N) is 1. The van der Waals surface area contributed by atoms with Crippen LogP contribution in [0, 0.1) is 18.6 Å². The molecule has 4 rings (SSSR count). The Bertz CT molecular complexity index is 1130. The van der Waals surface area contributed by atoms with Gasteiger partial charge in [0.1, 0.15) is 41.8 Å². The van der Waals surface area contributed by atoms with Gasteiger partial charge in [-0.1, -0.05) is 6.07 Å². The number of fused-ring (bicyclic) bond motifs is 1. The van der Waals surface area contributed by atoms with Crippen molar-refractivity contribution in [2.45, 2.75) is 44.0 Å². The Kier molecular flexibility index (Phi) is 6.19. The Hall–Kier alpha value is -2.56. The van der Waals surface area contributed by atoms with Crippen molar-refractivity contribution in [2.75, 3.05) is 13.7 Å². The number of aromatic nitrogens is 1. The first-order chi connectivity index (χ1) is 15.2. The molecule has 5 atom stereocenters. The Morgan fingerprint density at radius 2 is 1.75 bits per heavy atom. The van der Waals surface area contributed by atoms with Gasteiger partial charge in [0.05, 0.1) is 19.2 Å². The van der Waals surface area contributed by atoms with E-state index in [1.807, 2.05) is 0 Å². The number of benzene rings is 2. The van der Waals surface area contributed by atoms with Crippen molar-refractivity contribution in [1.82, 2.24) is 4.57 Å². The minimum atomic E-state index is -1.58. The van der Waals surface area contributed by atoms with Gasteiger partial charge in [-0.15, -0.1) is 0 Å². The molecule has 32 heavy (non-hydrogen) atoms. The molecule has 0 radical (unpaired) electrons. The maximum absolute atomic E-state index is 15.0. The summed E-state index contributed by atoms with van der Waals surface area (Å²) in [6.45, 7) is 1.12. The lowest BCUT2D eigenvalue weighted by atomic mass is 9.98. The van der Waals surface area contributed by atoms with Crippen LogP contribution in [-0.4, -0.2) is 63.1 Å². The molecule has 1 aliphatic heterocycles. The van der Waals surface area contributed by atoms with E-state index in [-0.39, 0.29) is 11.8 Å². The fourth-order valence-corrected chi connectivity index (χ4v) is 4.21. The molecule has 1 fully saturated rings. The van der Waals surface area contributed by atoms with Crippen molar-refractivity contribution in [1.29, 1.82) is 0 Å². The molecule has 0 aliphatic carbocycles. The van der Waals surface area contributed by atoms with Crippen LogP contribution in [0.1, 0.15) is 22.9 Å². The number of aryl methyl sites for hydroxylation is 1. The molecule has 4 N–H and O–H groups in total. The van der Waals surface area contributed by atoms with Crippen molar-refractivity contribution in [3.05, 3.63) is 64.9 Å². The summed E-state index contributed by atoms with van der Waals surface area (Å²) in [5.41, 5.74) is 1.74. The van der Waals surface area contributed by atoms with Gasteiger partial charge in [-0.25, -0.2) is 8.78 Å². The third kappa shape index (κ3) is 3.87. The third-order valence-electron chi connectivity index (χ3n) is 5.89. The average Bonchev–Trinajstić information content (AvgIpc) is 3.11. The molecule has 0 spiro atoms. The van der Waals surface area contributed by atoms with Crippen LogP contribution in [0.4, 0.5) is 8.78 Å². The molecule has 1 saturated heterocycles. The van der Waals surface area contributed by atoms with Gasteiger partial charge < -0.3 is 34.5 Å². The van der Waals surface area contributed by atoms with Gasteiger partial charge in [-0.3, -0.25) is 0 Å².